The van der Waals surface area contributed by atoms with Crippen molar-refractivity contribution in [1.82, 2.24) is 0 Å². The van der Waals surface area contributed by atoms with Gasteiger partial charge in [0.1, 0.15) is 0 Å². The summed E-state index contributed by atoms with van der Waals surface area (Å²) in [5.74, 6) is 0. The number of hydrogen-bond acceptors (Lipinski definition) is 1. The highest BCUT2D eigenvalue weighted by molar-refractivity contribution is 8.03. The molecule has 2 rings (SSSR count). The second-order valence-corrected chi connectivity index (χ2v) is 6.23. The molecule has 1 aromatic rings. The molecule has 78 valence electrons. The molecule has 0 saturated carbocycles. The molecule has 1 aliphatic rings. The van der Waals surface area contributed by atoms with E-state index in [0.717, 1.165) is 6.42 Å². The zero-order chi connectivity index (χ0) is 10.9. The number of allylic oxidation sites excluding steroid dienone is 1. The van der Waals surface area contributed by atoms with Crippen molar-refractivity contribution in [2.24, 2.45) is 5.41 Å². The maximum atomic E-state index is 3.39. The van der Waals surface area contributed by atoms with E-state index in [9.17, 15) is 0 Å². The highest BCUT2D eigenvalue weighted by Crippen LogP contribution is 2.38. The van der Waals surface area contributed by atoms with Gasteiger partial charge in [0.15, 0.2) is 0 Å². The van der Waals surface area contributed by atoms with Gasteiger partial charge in [-0.2, -0.15) is 0 Å². The number of fused-ring (bicyclic) bond motifs is 1. The average Bonchev–Trinajstić information content (AvgIpc) is 2.15. The Hall–Kier alpha value is -0.910. The summed E-state index contributed by atoms with van der Waals surface area (Å²) in [6.07, 6.45) is 3.20. The predicted octanol–water partition coefficient (Wildman–Crippen LogP) is 4.72. The van der Waals surface area contributed by atoms with Crippen molar-refractivity contribution < 1.29 is 0 Å². The molecule has 1 heteroatoms. The van der Waals surface area contributed by atoms with E-state index in [1.807, 2.05) is 11.8 Å². The molecule has 0 unspecified atom stereocenters. The number of thioether (sulfide) groups is 1. The summed E-state index contributed by atoms with van der Waals surface area (Å²) in [7, 11) is 0. The van der Waals surface area contributed by atoms with Gasteiger partial charge >= 0.3 is 0 Å². The number of hydrogen-bond donors (Lipinski definition) is 0. The van der Waals surface area contributed by atoms with Crippen molar-refractivity contribution in [1.29, 1.82) is 0 Å². The summed E-state index contributed by atoms with van der Waals surface area (Å²) in [5.41, 5.74) is 5.02. The minimum Gasteiger partial charge on any atom is -0.109 e. The fraction of sp³-hybridized carbons (Fsp3) is 0.357. The van der Waals surface area contributed by atoms with Crippen LogP contribution < -0.4 is 0 Å². The highest BCUT2D eigenvalue weighted by atomic mass is 32.2. The molecule has 1 heterocycles. The van der Waals surface area contributed by atoms with Crippen molar-refractivity contribution in [2.45, 2.75) is 32.1 Å². The third-order valence-electron chi connectivity index (χ3n) is 2.23. The second-order valence-electron chi connectivity index (χ2n) is 5.09. The van der Waals surface area contributed by atoms with Crippen molar-refractivity contribution in [3.63, 3.8) is 0 Å². The molecule has 0 spiro atoms. The maximum absolute atomic E-state index is 3.39. The van der Waals surface area contributed by atoms with Crippen molar-refractivity contribution in [3.05, 3.63) is 40.5 Å². The van der Waals surface area contributed by atoms with E-state index in [-0.39, 0.29) is 0 Å². The van der Waals surface area contributed by atoms with Gasteiger partial charge in [0.05, 0.1) is 0 Å². The first-order valence-electron chi connectivity index (χ1n) is 5.27. The molecule has 0 aromatic heterocycles. The first-order chi connectivity index (χ1) is 7.04. The Balaban J connectivity index is 2.25. The van der Waals surface area contributed by atoms with Crippen molar-refractivity contribution >= 4 is 17.8 Å². The third-order valence-corrected chi connectivity index (χ3v) is 3.33. The lowest BCUT2D eigenvalue weighted by Gasteiger charge is -2.20. The molecule has 15 heavy (non-hydrogen) atoms. The first-order valence-corrected chi connectivity index (χ1v) is 6.09. The van der Waals surface area contributed by atoms with Crippen LogP contribution in [0.15, 0.2) is 39.8 Å². The minimum absolute atomic E-state index is 0.343. The van der Waals surface area contributed by atoms with Gasteiger partial charge in [-0.05, 0) is 29.5 Å². The van der Waals surface area contributed by atoms with Gasteiger partial charge in [-0.1, -0.05) is 50.7 Å². The summed E-state index contributed by atoms with van der Waals surface area (Å²) in [6, 6.07) is 8.50. The van der Waals surface area contributed by atoms with Crippen LogP contribution in [0.2, 0.25) is 0 Å². The van der Waals surface area contributed by atoms with Crippen LogP contribution in [0.3, 0.4) is 0 Å². The maximum Gasteiger partial charge on any atom is 0.0321 e. The van der Waals surface area contributed by atoms with Gasteiger partial charge in [0.25, 0.3) is 0 Å². The topological polar surface area (TPSA) is 0 Å². The molecular weight excluding hydrogens is 200 g/mol. The standard InChI is InChI=1S/C14H16S/c1-14(2,3)10-12-9-8-11-6-4-5-7-13(11)15-12/h4-8H,10H2,1-3H3. The molecule has 0 N–H and O–H groups in total. The molecule has 0 bridgehead atoms. The van der Waals surface area contributed by atoms with Crippen LogP contribution in [0.4, 0.5) is 0 Å². The van der Waals surface area contributed by atoms with Crippen molar-refractivity contribution in [2.75, 3.05) is 0 Å². The van der Waals surface area contributed by atoms with Crippen LogP contribution in [0.1, 0.15) is 32.8 Å². The number of rotatable bonds is 1. The molecule has 1 aliphatic heterocycles. The normalized spacial score (nSPS) is 14.7. The lowest BCUT2D eigenvalue weighted by Crippen LogP contribution is -2.05. The summed E-state index contributed by atoms with van der Waals surface area (Å²) < 4.78 is 0. The Kier molecular flexibility index (Phi) is 2.77. The van der Waals surface area contributed by atoms with E-state index >= 15 is 0 Å². The Morgan fingerprint density at radius 2 is 1.93 bits per heavy atom. The molecule has 0 fully saturated rings. The average molecular weight is 216 g/mol. The first kappa shape index (κ1) is 10.6. The fourth-order valence-electron chi connectivity index (χ4n) is 1.58. The van der Waals surface area contributed by atoms with E-state index in [2.05, 4.69) is 56.8 Å². The Morgan fingerprint density at radius 3 is 2.67 bits per heavy atom. The van der Waals surface area contributed by atoms with Crippen LogP contribution in [-0.4, -0.2) is 0 Å². The van der Waals surface area contributed by atoms with Gasteiger partial charge < -0.3 is 0 Å². The van der Waals surface area contributed by atoms with Crippen LogP contribution in [0.5, 0.6) is 0 Å². The van der Waals surface area contributed by atoms with E-state index in [0.29, 0.717) is 5.41 Å². The summed E-state index contributed by atoms with van der Waals surface area (Å²) in [5, 5.41) is 0. The smallest absolute Gasteiger partial charge is 0.0321 e. The monoisotopic (exact) mass is 216 g/mol. The van der Waals surface area contributed by atoms with Gasteiger partial charge in [-0.15, -0.1) is 5.73 Å². The number of benzene rings is 1. The molecule has 0 aliphatic carbocycles. The Labute approximate surface area is 96.1 Å². The van der Waals surface area contributed by atoms with Crippen LogP contribution in [-0.2, 0) is 0 Å². The van der Waals surface area contributed by atoms with Crippen molar-refractivity contribution in [3.8, 4) is 0 Å². The lowest BCUT2D eigenvalue weighted by molar-refractivity contribution is 0.418. The van der Waals surface area contributed by atoms with Gasteiger partial charge in [-0.25, -0.2) is 0 Å². The fourth-order valence-corrected chi connectivity index (χ4v) is 2.86. The Bertz CT molecular complexity index is 429. The quantitative estimate of drug-likeness (QED) is 0.612. The molecule has 0 radical (unpaired) electrons. The van der Waals surface area contributed by atoms with Gasteiger partial charge in [0, 0.05) is 9.80 Å². The van der Waals surface area contributed by atoms with E-state index in [4.69, 9.17) is 0 Å². The van der Waals surface area contributed by atoms with Crippen LogP contribution >= 0.6 is 11.8 Å². The van der Waals surface area contributed by atoms with Gasteiger partial charge in [-0.3, -0.25) is 0 Å². The summed E-state index contributed by atoms with van der Waals surface area (Å²) in [4.78, 5) is 2.71. The van der Waals surface area contributed by atoms with Crippen LogP contribution in [0.25, 0.3) is 6.08 Å². The van der Waals surface area contributed by atoms with E-state index in [1.165, 1.54) is 15.4 Å². The highest BCUT2D eigenvalue weighted by Gasteiger charge is 2.16. The minimum atomic E-state index is 0.343. The molecule has 1 aromatic carbocycles. The SMILES string of the molecule is CC(C)(C)CC1=C=Cc2ccccc2S1. The molecule has 0 saturated heterocycles. The zero-order valence-corrected chi connectivity index (χ0v) is 10.3. The molecular formula is C14H16S. The molecule has 0 amide bonds. The summed E-state index contributed by atoms with van der Waals surface area (Å²) in [6.45, 7) is 6.80. The van der Waals surface area contributed by atoms with E-state index < -0.39 is 0 Å². The van der Waals surface area contributed by atoms with Crippen LogP contribution in [0, 0.1) is 5.41 Å². The second kappa shape index (κ2) is 3.92. The largest absolute Gasteiger partial charge is 0.109 e. The molecule has 0 nitrogen and oxygen atoms in total. The molecule has 0 atom stereocenters. The third kappa shape index (κ3) is 2.77. The zero-order valence-electron chi connectivity index (χ0n) is 9.50. The van der Waals surface area contributed by atoms with E-state index in [1.54, 1.807) is 0 Å². The summed E-state index contributed by atoms with van der Waals surface area (Å²) >= 11 is 1.86. The Morgan fingerprint density at radius 1 is 1.20 bits per heavy atom. The predicted molar refractivity (Wildman–Crippen MR) is 67.9 cm³/mol. The lowest BCUT2D eigenvalue weighted by atomic mass is 9.92. The van der Waals surface area contributed by atoms with Gasteiger partial charge in [0.2, 0.25) is 0 Å².